The molecular formula is C23H24F3N5O3. The highest BCUT2D eigenvalue weighted by atomic mass is 19.3. The summed E-state index contributed by atoms with van der Waals surface area (Å²) in [4.78, 5) is 32.1. The van der Waals surface area contributed by atoms with E-state index in [4.69, 9.17) is 10.5 Å². The van der Waals surface area contributed by atoms with Gasteiger partial charge in [-0.3, -0.25) is 14.6 Å². The Morgan fingerprint density at radius 1 is 1.24 bits per heavy atom. The smallest absolute Gasteiger partial charge is 0.258 e. The monoisotopic (exact) mass is 475 g/mol. The molecule has 1 aromatic heterocycles. The van der Waals surface area contributed by atoms with Crippen LogP contribution in [0.5, 0.6) is 5.75 Å². The molecule has 2 N–H and O–H groups in total. The summed E-state index contributed by atoms with van der Waals surface area (Å²) in [5.74, 6) is -1.30. The lowest BCUT2D eigenvalue weighted by molar-refractivity contribution is -0.142. The maximum absolute atomic E-state index is 13.3. The van der Waals surface area contributed by atoms with Gasteiger partial charge in [-0.05, 0) is 24.3 Å². The fourth-order valence-electron chi connectivity index (χ4n) is 4.29. The fourth-order valence-corrected chi connectivity index (χ4v) is 4.29. The number of rotatable bonds is 8. The number of pyridine rings is 1. The van der Waals surface area contributed by atoms with E-state index >= 15 is 0 Å². The molecule has 3 heterocycles. The van der Waals surface area contributed by atoms with Crippen LogP contribution in [0.1, 0.15) is 12.1 Å². The summed E-state index contributed by atoms with van der Waals surface area (Å²) in [6.07, 6.45) is -0.817. The van der Waals surface area contributed by atoms with Gasteiger partial charge in [-0.2, -0.15) is 5.10 Å². The molecule has 0 aliphatic carbocycles. The molecule has 180 valence electrons. The van der Waals surface area contributed by atoms with Gasteiger partial charge in [0.05, 0.1) is 5.71 Å². The molecule has 0 spiro atoms. The number of halogens is 3. The van der Waals surface area contributed by atoms with Gasteiger partial charge >= 0.3 is 0 Å². The molecular weight excluding hydrogens is 451 g/mol. The fraction of sp³-hybridized carbons (Fsp3) is 0.391. The van der Waals surface area contributed by atoms with E-state index < -0.39 is 42.1 Å². The minimum atomic E-state index is -2.74. The topological polar surface area (TPSA) is 101 Å². The van der Waals surface area contributed by atoms with Crippen LogP contribution in [0.4, 0.5) is 13.2 Å². The van der Waals surface area contributed by atoms with Crippen LogP contribution in [0.3, 0.4) is 0 Å². The number of hydrazone groups is 1. The standard InChI is InChI=1S/C23H24F3N5O3/c24-15-4-3-6-17(10-15)34-13-18(27)21(32)30-9-7-19-23(14-30,11-16-5-1-2-8-28-16)22(33)31(29-19)12-20(25)26/h1-6,8,10,18,20H,7,9,11-14,27H2/t18?,23-/m1/s1. The predicted octanol–water partition coefficient (Wildman–Crippen LogP) is 1.85. The Labute approximate surface area is 194 Å². The first kappa shape index (κ1) is 23.7. The van der Waals surface area contributed by atoms with Crippen molar-refractivity contribution in [2.45, 2.75) is 25.3 Å². The van der Waals surface area contributed by atoms with E-state index in [1.54, 1.807) is 30.5 Å². The number of nitrogens with two attached hydrogens (primary N) is 1. The highest BCUT2D eigenvalue weighted by molar-refractivity contribution is 6.13. The molecule has 4 rings (SSSR count). The van der Waals surface area contributed by atoms with E-state index in [0.29, 0.717) is 11.4 Å². The van der Waals surface area contributed by atoms with E-state index in [-0.39, 0.29) is 38.3 Å². The summed E-state index contributed by atoms with van der Waals surface area (Å²) in [5.41, 5.74) is 5.79. The molecule has 1 fully saturated rings. The van der Waals surface area contributed by atoms with Gasteiger partial charge in [0.2, 0.25) is 5.91 Å². The lowest BCUT2D eigenvalue weighted by atomic mass is 9.74. The average molecular weight is 475 g/mol. The van der Waals surface area contributed by atoms with Crippen molar-refractivity contribution >= 4 is 17.5 Å². The zero-order chi connectivity index (χ0) is 24.3. The minimum Gasteiger partial charge on any atom is -0.491 e. The summed E-state index contributed by atoms with van der Waals surface area (Å²) in [6.45, 7) is -0.849. The number of piperidine rings is 1. The SMILES string of the molecule is NC(COc1cccc(F)c1)C(=O)N1CCC2=NN(CC(F)F)C(=O)[C@]2(Cc2ccccn2)C1. The maximum Gasteiger partial charge on any atom is 0.258 e. The lowest BCUT2D eigenvalue weighted by Crippen LogP contribution is -2.59. The number of hydrogen-bond donors (Lipinski definition) is 1. The Morgan fingerprint density at radius 3 is 2.76 bits per heavy atom. The first-order valence-electron chi connectivity index (χ1n) is 10.8. The van der Waals surface area contributed by atoms with Gasteiger partial charge < -0.3 is 15.4 Å². The van der Waals surface area contributed by atoms with Crippen molar-refractivity contribution in [2.24, 2.45) is 16.3 Å². The Morgan fingerprint density at radius 2 is 2.06 bits per heavy atom. The second-order valence-corrected chi connectivity index (χ2v) is 8.29. The highest BCUT2D eigenvalue weighted by Crippen LogP contribution is 2.38. The molecule has 0 bridgehead atoms. The van der Waals surface area contributed by atoms with Gasteiger partial charge in [-0.1, -0.05) is 12.1 Å². The number of amides is 2. The number of ether oxygens (including phenoxy) is 1. The Bertz CT molecular complexity index is 1080. The molecule has 2 atom stereocenters. The van der Waals surface area contributed by atoms with Gasteiger partial charge in [-0.15, -0.1) is 0 Å². The largest absolute Gasteiger partial charge is 0.491 e. The van der Waals surface area contributed by atoms with Crippen molar-refractivity contribution in [1.82, 2.24) is 14.9 Å². The number of fused-ring (bicyclic) bond motifs is 1. The van der Waals surface area contributed by atoms with Gasteiger partial charge in [0.25, 0.3) is 12.3 Å². The van der Waals surface area contributed by atoms with E-state index in [9.17, 15) is 22.8 Å². The molecule has 0 saturated carbocycles. The normalized spacial score (nSPS) is 20.9. The number of aromatic nitrogens is 1. The lowest BCUT2D eigenvalue weighted by Gasteiger charge is -2.40. The van der Waals surface area contributed by atoms with Crippen LogP contribution in [0.15, 0.2) is 53.8 Å². The van der Waals surface area contributed by atoms with E-state index in [1.807, 2.05) is 0 Å². The molecule has 8 nitrogen and oxygen atoms in total. The van der Waals surface area contributed by atoms with Gasteiger partial charge in [0.15, 0.2) is 0 Å². The van der Waals surface area contributed by atoms with Crippen LogP contribution in [0.2, 0.25) is 0 Å². The van der Waals surface area contributed by atoms with Crippen molar-refractivity contribution in [2.75, 3.05) is 26.2 Å². The minimum absolute atomic E-state index is 0.0620. The van der Waals surface area contributed by atoms with Crippen LogP contribution < -0.4 is 10.5 Å². The first-order chi connectivity index (χ1) is 16.3. The molecule has 11 heteroatoms. The molecule has 2 aliphatic heterocycles. The summed E-state index contributed by atoms with van der Waals surface area (Å²) < 4.78 is 44.9. The molecule has 1 unspecified atom stereocenters. The summed E-state index contributed by atoms with van der Waals surface area (Å²) in [7, 11) is 0. The summed E-state index contributed by atoms with van der Waals surface area (Å²) in [6, 6.07) is 9.61. The maximum atomic E-state index is 13.3. The number of carbonyl (C=O) groups excluding carboxylic acids is 2. The summed E-state index contributed by atoms with van der Waals surface area (Å²) in [5, 5.41) is 4.98. The number of likely N-dealkylation sites (tertiary alicyclic amines) is 1. The molecule has 1 aromatic carbocycles. The van der Waals surface area contributed by atoms with Gasteiger partial charge in [0.1, 0.15) is 36.2 Å². The van der Waals surface area contributed by atoms with Crippen molar-refractivity contribution < 1.29 is 27.5 Å². The third-order valence-corrected chi connectivity index (χ3v) is 5.89. The molecule has 2 aromatic rings. The van der Waals surface area contributed by atoms with Crippen LogP contribution >= 0.6 is 0 Å². The Kier molecular flexibility index (Phi) is 6.82. The van der Waals surface area contributed by atoms with Crippen LogP contribution in [-0.2, 0) is 16.0 Å². The second-order valence-electron chi connectivity index (χ2n) is 8.29. The quantitative estimate of drug-likeness (QED) is 0.628. The Hall–Kier alpha value is -3.47. The zero-order valence-corrected chi connectivity index (χ0v) is 18.2. The number of alkyl halides is 2. The average Bonchev–Trinajstić information content (AvgIpc) is 3.07. The van der Waals surface area contributed by atoms with Crippen molar-refractivity contribution in [3.8, 4) is 5.75 Å². The van der Waals surface area contributed by atoms with E-state index in [2.05, 4.69) is 10.1 Å². The summed E-state index contributed by atoms with van der Waals surface area (Å²) >= 11 is 0. The van der Waals surface area contributed by atoms with Crippen molar-refractivity contribution in [3.05, 3.63) is 60.2 Å². The highest BCUT2D eigenvalue weighted by Gasteiger charge is 2.55. The van der Waals surface area contributed by atoms with Crippen molar-refractivity contribution in [3.63, 3.8) is 0 Å². The van der Waals surface area contributed by atoms with Crippen LogP contribution in [-0.4, -0.2) is 71.1 Å². The number of carbonyl (C=O) groups is 2. The first-order valence-corrected chi connectivity index (χ1v) is 10.8. The second kappa shape index (κ2) is 9.80. The molecule has 2 amide bonds. The van der Waals surface area contributed by atoms with Gasteiger partial charge in [-0.25, -0.2) is 18.2 Å². The number of hydrogen-bond acceptors (Lipinski definition) is 6. The number of nitrogens with zero attached hydrogens (tertiary/aromatic N) is 4. The molecule has 34 heavy (non-hydrogen) atoms. The van der Waals surface area contributed by atoms with Crippen LogP contribution in [0, 0.1) is 11.2 Å². The molecule has 0 radical (unpaired) electrons. The van der Waals surface area contributed by atoms with Crippen molar-refractivity contribution in [1.29, 1.82) is 0 Å². The predicted molar refractivity (Wildman–Crippen MR) is 117 cm³/mol. The third kappa shape index (κ3) is 4.89. The Balaban J connectivity index is 1.52. The zero-order valence-electron chi connectivity index (χ0n) is 18.2. The molecule has 2 aliphatic rings. The third-order valence-electron chi connectivity index (χ3n) is 5.89. The van der Waals surface area contributed by atoms with Crippen LogP contribution in [0.25, 0.3) is 0 Å². The van der Waals surface area contributed by atoms with E-state index in [1.165, 1.54) is 23.1 Å². The van der Waals surface area contributed by atoms with E-state index in [0.717, 1.165) is 5.01 Å². The molecule has 1 saturated heterocycles. The number of benzene rings is 1. The van der Waals surface area contributed by atoms with Gasteiger partial charge in [0, 0.05) is 43.9 Å².